The molecule has 0 saturated carbocycles. The topological polar surface area (TPSA) is 92.2 Å². The Balaban J connectivity index is -0.0000000267. The molecule has 0 aliphatic rings. The molecule has 0 rings (SSSR count). The van der Waals surface area contributed by atoms with Crippen LogP contribution < -0.4 is 48.2 Å². The van der Waals surface area contributed by atoms with Gasteiger partial charge in [0.05, 0.1) is 0 Å². The molecule has 0 aromatic carbocycles. The zero-order valence-electron chi connectivity index (χ0n) is 3.83. The molecule has 0 aliphatic carbocycles. The van der Waals surface area contributed by atoms with Crippen LogP contribution in [0, 0.1) is 10.2 Å². The van der Waals surface area contributed by atoms with Crippen LogP contribution in [-0.2, 0) is 0 Å². The third-order valence-electron chi connectivity index (χ3n) is 0. The maximum Gasteiger partial charge on any atom is 1.00 e. The molecule has 48 valence electrons. The Morgan fingerprint density at radius 1 is 0.750 bits per heavy atom. The van der Waals surface area contributed by atoms with E-state index in [1.807, 2.05) is 0 Å². The van der Waals surface area contributed by atoms with Crippen LogP contribution in [0.2, 0.25) is 0 Å². The van der Waals surface area contributed by atoms with Gasteiger partial charge < -0.3 is 0 Å². The van der Waals surface area contributed by atoms with Crippen LogP contribution in [0.15, 0.2) is 0 Å². The average Bonchev–Trinajstić information content (AvgIpc) is 0.722. The Morgan fingerprint density at radius 3 is 0.750 bits per heavy atom. The molecule has 0 saturated heterocycles. The maximum absolute atomic E-state index is 8.49. The van der Waals surface area contributed by atoms with Crippen molar-refractivity contribution in [2.24, 2.45) is 0 Å². The van der Waals surface area contributed by atoms with Crippen LogP contribution in [0.5, 0.6) is 0 Å². The summed E-state index contributed by atoms with van der Waals surface area (Å²) in [5, 5.41) is 0. The Hall–Kier alpha value is 1.71. The fourth-order valence-corrected chi connectivity index (χ4v) is 0. The molecular weight excluding hydrogens is 193 g/mol. The third-order valence-corrected chi connectivity index (χ3v) is 0. The molecular formula is H2Cl3NaO4. The van der Waals surface area contributed by atoms with Gasteiger partial charge in [-0.25, -0.2) is 18.6 Å². The molecule has 8 heteroatoms. The van der Waals surface area contributed by atoms with Crippen molar-refractivity contribution < 1.29 is 58.4 Å². The molecule has 0 aromatic rings. The van der Waals surface area contributed by atoms with E-state index < -0.39 is 10.2 Å². The van der Waals surface area contributed by atoms with Gasteiger partial charge in [0, 0.05) is 0 Å². The molecule has 0 atom stereocenters. The predicted molar refractivity (Wildman–Crippen MR) is 14.5 cm³/mol. The largest absolute Gasteiger partial charge is 1.00 e. The minimum Gasteiger partial charge on any atom is -0.222 e. The van der Waals surface area contributed by atoms with Gasteiger partial charge in [-0.2, -0.15) is 0 Å². The number of halogens is 3. The summed E-state index contributed by atoms with van der Waals surface area (Å²) in [6.45, 7) is 0. The summed E-state index contributed by atoms with van der Waals surface area (Å²) >= 11 is 0. The fourth-order valence-electron chi connectivity index (χ4n) is 0. The van der Waals surface area contributed by atoms with Crippen LogP contribution in [0.3, 0.4) is 0 Å². The average molecular weight is 195 g/mol. The van der Waals surface area contributed by atoms with Crippen molar-refractivity contribution in [3.8, 4) is 0 Å². The summed E-state index contributed by atoms with van der Waals surface area (Å²) in [6, 6.07) is 0. The first kappa shape index (κ1) is 22.6. The van der Waals surface area contributed by atoms with Crippen molar-refractivity contribution in [1.82, 2.24) is 0 Å². The molecule has 0 aromatic heterocycles. The van der Waals surface area contributed by atoms with Crippen LogP contribution in [-0.4, -0.2) is 0 Å². The zero-order valence-corrected chi connectivity index (χ0v) is 8.22. The van der Waals surface area contributed by atoms with Gasteiger partial charge in [-0.05, 0) is 0 Å². The van der Waals surface area contributed by atoms with Gasteiger partial charge in [0.15, 0.2) is 0 Å². The van der Waals surface area contributed by atoms with E-state index in [0.29, 0.717) is 0 Å². The minimum absolute atomic E-state index is 0. The Kier molecular flexibility index (Phi) is 24.6. The Morgan fingerprint density at radius 2 is 0.750 bits per heavy atom. The van der Waals surface area contributed by atoms with Gasteiger partial charge in [-0.15, -0.1) is 35.1 Å². The molecule has 0 aliphatic heterocycles. The monoisotopic (exact) mass is 194 g/mol. The summed E-state index contributed by atoms with van der Waals surface area (Å²) < 4.78 is 34.0. The molecule has 0 amide bonds. The predicted octanol–water partition coefficient (Wildman–Crippen LogP) is -6.91. The van der Waals surface area contributed by atoms with E-state index >= 15 is 0 Å². The number of hydrogen-bond donors (Lipinski definition) is 0. The van der Waals surface area contributed by atoms with Crippen LogP contribution in [0.25, 0.3) is 0 Å². The van der Waals surface area contributed by atoms with Gasteiger partial charge in [0.25, 0.3) is 0 Å². The van der Waals surface area contributed by atoms with Gasteiger partial charge in [-0.3, -0.25) is 0 Å². The zero-order chi connectivity index (χ0) is 4.50. The fraction of sp³-hybridized carbons (Fsp3) is 0. The van der Waals surface area contributed by atoms with E-state index in [0.717, 1.165) is 0 Å². The van der Waals surface area contributed by atoms with Crippen molar-refractivity contribution in [3.63, 3.8) is 0 Å². The minimum atomic E-state index is -4.94. The van der Waals surface area contributed by atoms with Gasteiger partial charge in [0.2, 0.25) is 0 Å². The number of rotatable bonds is 0. The van der Waals surface area contributed by atoms with Gasteiger partial charge in [-0.1, -0.05) is 0 Å². The van der Waals surface area contributed by atoms with E-state index in [4.69, 9.17) is 18.6 Å². The quantitative estimate of drug-likeness (QED) is 0.359. The molecule has 0 heterocycles. The van der Waals surface area contributed by atoms with Crippen molar-refractivity contribution in [2.45, 2.75) is 0 Å². The molecule has 4 nitrogen and oxygen atoms in total. The van der Waals surface area contributed by atoms with Gasteiger partial charge >= 0.3 is 29.6 Å². The second-order valence-corrected chi connectivity index (χ2v) is 1.13. The summed E-state index contributed by atoms with van der Waals surface area (Å²) in [5.41, 5.74) is 0. The normalized spacial score (nSPS) is 7.50. The maximum atomic E-state index is 8.49. The molecule has 0 unspecified atom stereocenters. The Bertz CT molecular complexity index is 26.8. The van der Waals surface area contributed by atoms with Crippen LogP contribution in [0.1, 0.15) is 0 Å². The van der Waals surface area contributed by atoms with Crippen LogP contribution in [0.4, 0.5) is 0 Å². The van der Waals surface area contributed by atoms with Crippen molar-refractivity contribution >= 4 is 24.8 Å². The molecule has 0 spiro atoms. The number of hydrogen-bond acceptors (Lipinski definition) is 4. The van der Waals surface area contributed by atoms with Crippen molar-refractivity contribution in [3.05, 3.63) is 0 Å². The molecule has 0 fully saturated rings. The summed E-state index contributed by atoms with van der Waals surface area (Å²) in [6.07, 6.45) is 0. The van der Waals surface area contributed by atoms with Crippen LogP contribution >= 0.6 is 24.8 Å². The molecule has 8 heavy (non-hydrogen) atoms. The first-order valence-corrected chi connectivity index (χ1v) is 1.85. The first-order valence-electron chi connectivity index (χ1n) is 0.617. The molecule has 0 radical (unpaired) electrons. The smallest absolute Gasteiger partial charge is 0.222 e. The van der Waals surface area contributed by atoms with E-state index in [2.05, 4.69) is 0 Å². The van der Waals surface area contributed by atoms with E-state index in [9.17, 15) is 0 Å². The van der Waals surface area contributed by atoms with Crippen molar-refractivity contribution in [2.75, 3.05) is 0 Å². The van der Waals surface area contributed by atoms with Crippen molar-refractivity contribution in [1.29, 1.82) is 0 Å². The second kappa shape index (κ2) is 8.71. The van der Waals surface area contributed by atoms with Gasteiger partial charge in [0.1, 0.15) is 0 Å². The van der Waals surface area contributed by atoms with E-state index in [1.54, 1.807) is 0 Å². The van der Waals surface area contributed by atoms with E-state index in [1.165, 1.54) is 0 Å². The molecule has 0 bridgehead atoms. The third kappa shape index (κ3) is 119. The standard InChI is InChI=1S/ClHO4.2ClH.Na/c2-1(3,4)5;;;/h(H,2,3,4,5);2*1H;/q;;;+1/p-1. The summed E-state index contributed by atoms with van der Waals surface area (Å²) in [4.78, 5) is 0. The summed E-state index contributed by atoms with van der Waals surface area (Å²) in [7, 11) is -4.94. The second-order valence-electron chi connectivity index (χ2n) is 0.378. The van der Waals surface area contributed by atoms with E-state index in [-0.39, 0.29) is 54.4 Å². The molecule has 0 N–H and O–H groups in total. The SMILES string of the molecule is Cl.Cl.[Na+].[O-][Cl+3]([O-])([O-])[O-]. The summed E-state index contributed by atoms with van der Waals surface area (Å²) in [5.74, 6) is 0. The first-order chi connectivity index (χ1) is 2.00. The Labute approximate surface area is 82.7 Å².